The van der Waals surface area contributed by atoms with Gasteiger partial charge in [0, 0.05) is 0 Å². The van der Waals surface area contributed by atoms with Crippen molar-refractivity contribution in [1.82, 2.24) is 4.98 Å². The predicted octanol–water partition coefficient (Wildman–Crippen LogP) is 3.05. The second-order valence-corrected chi connectivity index (χ2v) is 4.02. The van der Waals surface area contributed by atoms with Gasteiger partial charge in [-0.05, 0) is 24.3 Å². The summed E-state index contributed by atoms with van der Waals surface area (Å²) in [5, 5.41) is 20.8. The molecular weight excluding hydrogens is 266 g/mol. The molecule has 1 heterocycles. The smallest absolute Gasteiger partial charge is 0.356 e. The minimum atomic E-state index is -1.21. The number of pyridine rings is 1. The molecule has 0 amide bonds. The number of anilines is 2. The molecule has 2 rings (SSSR count). The molecule has 0 atom stereocenters. The highest BCUT2D eigenvalue weighted by molar-refractivity contribution is 6.33. The Labute approximate surface area is 114 Å². The van der Waals surface area contributed by atoms with Crippen LogP contribution in [-0.4, -0.2) is 16.1 Å². The fourth-order valence-electron chi connectivity index (χ4n) is 1.49. The van der Waals surface area contributed by atoms with E-state index in [1.165, 1.54) is 6.07 Å². The van der Waals surface area contributed by atoms with E-state index in [-0.39, 0.29) is 10.7 Å². The Hall–Kier alpha value is -2.58. The molecule has 94 valence electrons. The Kier molecular flexibility index (Phi) is 3.64. The van der Waals surface area contributed by atoms with E-state index in [0.29, 0.717) is 17.1 Å². The number of carbonyl (C=O) groups is 1. The summed E-state index contributed by atoms with van der Waals surface area (Å²) in [7, 11) is 0. The quantitative estimate of drug-likeness (QED) is 0.897. The van der Waals surface area contributed by atoms with Crippen molar-refractivity contribution in [2.24, 2.45) is 0 Å². The van der Waals surface area contributed by atoms with Crippen LogP contribution in [0.4, 0.5) is 11.5 Å². The summed E-state index contributed by atoms with van der Waals surface area (Å²) in [5.41, 5.74) is 0.758. The number of hydrogen-bond donors (Lipinski definition) is 2. The van der Waals surface area contributed by atoms with Crippen molar-refractivity contribution in [3.63, 3.8) is 0 Å². The maximum atomic E-state index is 10.9. The fourth-order valence-corrected chi connectivity index (χ4v) is 1.68. The van der Waals surface area contributed by atoms with Crippen molar-refractivity contribution in [1.29, 1.82) is 5.26 Å². The zero-order valence-electron chi connectivity index (χ0n) is 9.59. The van der Waals surface area contributed by atoms with E-state index in [9.17, 15) is 4.79 Å². The maximum Gasteiger partial charge on any atom is 0.356 e. The average Bonchev–Trinajstić information content (AvgIpc) is 2.41. The second-order valence-electron chi connectivity index (χ2n) is 3.61. The van der Waals surface area contributed by atoms with Crippen molar-refractivity contribution in [2.45, 2.75) is 0 Å². The fraction of sp³-hybridized carbons (Fsp3) is 0. The number of nitriles is 1. The van der Waals surface area contributed by atoms with Crippen LogP contribution in [0.3, 0.4) is 0 Å². The average molecular weight is 274 g/mol. The van der Waals surface area contributed by atoms with Crippen molar-refractivity contribution < 1.29 is 9.90 Å². The first-order valence-corrected chi connectivity index (χ1v) is 5.65. The number of carboxylic acids is 1. The van der Waals surface area contributed by atoms with Gasteiger partial charge in [-0.3, -0.25) is 0 Å². The largest absolute Gasteiger partial charge is 0.476 e. The molecule has 0 saturated heterocycles. The summed E-state index contributed by atoms with van der Waals surface area (Å²) in [6, 6.07) is 11.9. The monoisotopic (exact) mass is 273 g/mol. The maximum absolute atomic E-state index is 10.9. The zero-order chi connectivity index (χ0) is 13.8. The number of aromatic carboxylic acids is 1. The van der Waals surface area contributed by atoms with Crippen LogP contribution in [-0.2, 0) is 0 Å². The molecule has 0 spiro atoms. The highest BCUT2D eigenvalue weighted by atomic mass is 35.5. The summed E-state index contributed by atoms with van der Waals surface area (Å²) in [6.07, 6.45) is 0. The molecule has 5 nitrogen and oxygen atoms in total. The number of hydrogen-bond acceptors (Lipinski definition) is 4. The molecule has 0 aliphatic carbocycles. The van der Waals surface area contributed by atoms with Crippen LogP contribution >= 0.6 is 11.6 Å². The Balaban J connectivity index is 2.37. The van der Waals surface area contributed by atoms with E-state index in [1.807, 2.05) is 6.07 Å². The van der Waals surface area contributed by atoms with Gasteiger partial charge in [0.1, 0.15) is 11.9 Å². The van der Waals surface area contributed by atoms with E-state index in [0.717, 1.165) is 0 Å². The lowest BCUT2D eigenvalue weighted by Crippen LogP contribution is -2.04. The minimum absolute atomic E-state index is 0.0617. The summed E-state index contributed by atoms with van der Waals surface area (Å²) >= 11 is 5.73. The van der Waals surface area contributed by atoms with Crippen LogP contribution < -0.4 is 5.32 Å². The van der Waals surface area contributed by atoms with Crippen LogP contribution in [0, 0.1) is 11.3 Å². The van der Waals surface area contributed by atoms with Gasteiger partial charge >= 0.3 is 5.97 Å². The SMILES string of the molecule is N#Cc1ccccc1Nc1ccc(Cl)c(C(=O)O)n1. The van der Waals surface area contributed by atoms with Gasteiger partial charge in [0.15, 0.2) is 5.69 Å². The number of nitrogens with zero attached hydrogens (tertiary/aromatic N) is 2. The molecule has 0 fully saturated rings. The topological polar surface area (TPSA) is 86.0 Å². The van der Waals surface area contributed by atoms with Gasteiger partial charge in [0.05, 0.1) is 16.3 Å². The number of para-hydroxylation sites is 1. The first kappa shape index (κ1) is 12.9. The van der Waals surface area contributed by atoms with Gasteiger partial charge in [0.25, 0.3) is 0 Å². The van der Waals surface area contributed by atoms with E-state index >= 15 is 0 Å². The number of carboxylic acid groups (broad SMARTS) is 1. The van der Waals surface area contributed by atoms with E-state index < -0.39 is 5.97 Å². The molecule has 1 aromatic heterocycles. The van der Waals surface area contributed by atoms with E-state index in [4.69, 9.17) is 22.0 Å². The second kappa shape index (κ2) is 5.38. The van der Waals surface area contributed by atoms with Crippen LogP contribution in [0.25, 0.3) is 0 Å². The number of nitrogens with one attached hydrogen (secondary N) is 1. The molecule has 0 bridgehead atoms. The Morgan fingerprint density at radius 3 is 2.74 bits per heavy atom. The summed E-state index contributed by atoms with van der Waals surface area (Å²) in [4.78, 5) is 14.8. The molecule has 0 aliphatic rings. The molecule has 0 unspecified atom stereocenters. The van der Waals surface area contributed by atoms with Gasteiger partial charge in [-0.15, -0.1) is 0 Å². The highest BCUT2D eigenvalue weighted by Gasteiger charge is 2.12. The van der Waals surface area contributed by atoms with Crippen LogP contribution in [0.2, 0.25) is 5.02 Å². The number of rotatable bonds is 3. The minimum Gasteiger partial charge on any atom is -0.476 e. The first-order chi connectivity index (χ1) is 9.11. The van der Waals surface area contributed by atoms with Crippen molar-refractivity contribution in [3.8, 4) is 6.07 Å². The van der Waals surface area contributed by atoms with Crippen molar-refractivity contribution >= 4 is 29.1 Å². The van der Waals surface area contributed by atoms with Gasteiger partial charge < -0.3 is 10.4 Å². The van der Waals surface area contributed by atoms with Crippen LogP contribution in [0.5, 0.6) is 0 Å². The van der Waals surface area contributed by atoms with Gasteiger partial charge in [-0.2, -0.15) is 5.26 Å². The van der Waals surface area contributed by atoms with E-state index in [1.54, 1.807) is 30.3 Å². The third kappa shape index (κ3) is 2.81. The Morgan fingerprint density at radius 1 is 1.32 bits per heavy atom. The molecule has 19 heavy (non-hydrogen) atoms. The molecule has 0 saturated carbocycles. The summed E-state index contributed by atoms with van der Waals surface area (Å²) in [5.74, 6) is -0.897. The highest BCUT2D eigenvalue weighted by Crippen LogP contribution is 2.22. The normalized spacial score (nSPS) is 9.68. The number of benzene rings is 1. The lowest BCUT2D eigenvalue weighted by molar-refractivity contribution is 0.0691. The van der Waals surface area contributed by atoms with Gasteiger partial charge in [-0.25, -0.2) is 9.78 Å². The van der Waals surface area contributed by atoms with Crippen LogP contribution in [0.1, 0.15) is 16.1 Å². The van der Waals surface area contributed by atoms with E-state index in [2.05, 4.69) is 10.3 Å². The first-order valence-electron chi connectivity index (χ1n) is 5.28. The summed E-state index contributed by atoms with van der Waals surface area (Å²) in [6.45, 7) is 0. The molecule has 0 radical (unpaired) electrons. The third-order valence-corrected chi connectivity index (χ3v) is 2.66. The standard InChI is InChI=1S/C13H8ClN3O2/c14-9-5-6-11(17-12(9)13(18)19)16-10-4-2-1-3-8(10)7-15/h1-6H,(H,16,17)(H,18,19). The molecule has 6 heteroatoms. The molecular formula is C13H8ClN3O2. The molecule has 2 aromatic rings. The third-order valence-electron chi connectivity index (χ3n) is 2.36. The zero-order valence-corrected chi connectivity index (χ0v) is 10.3. The van der Waals surface area contributed by atoms with Crippen LogP contribution in [0.15, 0.2) is 36.4 Å². The van der Waals surface area contributed by atoms with Gasteiger partial charge in [-0.1, -0.05) is 23.7 Å². The Bertz CT molecular complexity index is 680. The number of halogens is 1. The predicted molar refractivity (Wildman–Crippen MR) is 70.6 cm³/mol. The van der Waals surface area contributed by atoms with Crippen molar-refractivity contribution in [3.05, 3.63) is 52.7 Å². The lowest BCUT2D eigenvalue weighted by Gasteiger charge is -2.08. The Morgan fingerprint density at radius 2 is 2.05 bits per heavy atom. The lowest BCUT2D eigenvalue weighted by atomic mass is 10.2. The van der Waals surface area contributed by atoms with Crippen molar-refractivity contribution in [2.75, 3.05) is 5.32 Å². The molecule has 0 aliphatic heterocycles. The molecule has 1 aromatic carbocycles. The number of aromatic nitrogens is 1. The van der Waals surface area contributed by atoms with Gasteiger partial charge in [0.2, 0.25) is 0 Å². The summed E-state index contributed by atoms with van der Waals surface area (Å²) < 4.78 is 0. The molecule has 2 N–H and O–H groups in total.